The SMILES string of the molecule is CCCN(CCC)C1(CN)CCN(Cc2ccccc2)C1. The van der Waals surface area contributed by atoms with Crippen molar-refractivity contribution in [2.75, 3.05) is 32.7 Å². The molecule has 0 spiro atoms. The molecule has 1 fully saturated rings. The zero-order valence-electron chi connectivity index (χ0n) is 13.7. The van der Waals surface area contributed by atoms with Crippen LogP contribution in [0.25, 0.3) is 0 Å². The zero-order chi connectivity index (χ0) is 15.1. The third-order valence-electron chi connectivity index (χ3n) is 4.70. The first-order chi connectivity index (χ1) is 10.2. The maximum Gasteiger partial charge on any atom is 0.0470 e. The van der Waals surface area contributed by atoms with Gasteiger partial charge in [-0.1, -0.05) is 44.2 Å². The van der Waals surface area contributed by atoms with Crippen LogP contribution >= 0.6 is 0 Å². The molecule has 118 valence electrons. The monoisotopic (exact) mass is 289 g/mol. The first-order valence-corrected chi connectivity index (χ1v) is 8.45. The van der Waals surface area contributed by atoms with Gasteiger partial charge in [0.1, 0.15) is 0 Å². The van der Waals surface area contributed by atoms with Gasteiger partial charge in [0.05, 0.1) is 0 Å². The summed E-state index contributed by atoms with van der Waals surface area (Å²) >= 11 is 0. The number of likely N-dealkylation sites (tertiary alicyclic amines) is 1. The van der Waals surface area contributed by atoms with E-state index in [-0.39, 0.29) is 5.54 Å². The molecule has 1 atom stereocenters. The molecule has 1 unspecified atom stereocenters. The van der Waals surface area contributed by atoms with E-state index < -0.39 is 0 Å². The summed E-state index contributed by atoms with van der Waals surface area (Å²) in [5.41, 5.74) is 7.82. The number of nitrogens with two attached hydrogens (primary N) is 1. The highest BCUT2D eigenvalue weighted by Crippen LogP contribution is 2.29. The summed E-state index contributed by atoms with van der Waals surface area (Å²) in [5.74, 6) is 0. The van der Waals surface area contributed by atoms with Crippen molar-refractivity contribution in [3.8, 4) is 0 Å². The number of hydrogen-bond acceptors (Lipinski definition) is 3. The van der Waals surface area contributed by atoms with E-state index in [1.54, 1.807) is 0 Å². The molecule has 0 aromatic heterocycles. The molecule has 2 rings (SSSR count). The lowest BCUT2D eigenvalue weighted by atomic mass is 9.95. The Labute approximate surface area is 130 Å². The molecular weight excluding hydrogens is 258 g/mol. The Morgan fingerprint density at radius 2 is 1.81 bits per heavy atom. The molecular formula is C18H31N3. The average Bonchev–Trinajstić information content (AvgIpc) is 2.92. The quantitative estimate of drug-likeness (QED) is 0.798. The van der Waals surface area contributed by atoms with Gasteiger partial charge >= 0.3 is 0 Å². The third-order valence-corrected chi connectivity index (χ3v) is 4.70. The summed E-state index contributed by atoms with van der Waals surface area (Å²) in [7, 11) is 0. The van der Waals surface area contributed by atoms with Crippen LogP contribution in [0.2, 0.25) is 0 Å². The summed E-state index contributed by atoms with van der Waals surface area (Å²) in [5, 5.41) is 0. The highest BCUT2D eigenvalue weighted by molar-refractivity contribution is 5.15. The molecule has 0 saturated carbocycles. The molecule has 0 aliphatic carbocycles. The van der Waals surface area contributed by atoms with Crippen LogP contribution in [-0.4, -0.2) is 48.1 Å². The van der Waals surface area contributed by atoms with E-state index in [0.717, 1.165) is 26.2 Å². The second-order valence-electron chi connectivity index (χ2n) is 6.36. The van der Waals surface area contributed by atoms with Gasteiger partial charge in [-0.2, -0.15) is 0 Å². The second kappa shape index (κ2) is 7.92. The first-order valence-electron chi connectivity index (χ1n) is 8.45. The summed E-state index contributed by atoms with van der Waals surface area (Å²) in [6, 6.07) is 10.8. The van der Waals surface area contributed by atoms with E-state index in [0.29, 0.717) is 0 Å². The fourth-order valence-corrected chi connectivity index (χ4v) is 3.60. The Kier molecular flexibility index (Phi) is 6.22. The minimum Gasteiger partial charge on any atom is -0.329 e. The van der Waals surface area contributed by atoms with E-state index in [4.69, 9.17) is 5.73 Å². The third kappa shape index (κ3) is 4.06. The zero-order valence-corrected chi connectivity index (χ0v) is 13.7. The van der Waals surface area contributed by atoms with Crippen LogP contribution in [-0.2, 0) is 6.54 Å². The van der Waals surface area contributed by atoms with E-state index in [9.17, 15) is 0 Å². The molecule has 2 N–H and O–H groups in total. The van der Waals surface area contributed by atoms with Crippen LogP contribution in [0, 0.1) is 0 Å². The van der Waals surface area contributed by atoms with Crippen molar-refractivity contribution < 1.29 is 0 Å². The van der Waals surface area contributed by atoms with Crippen LogP contribution in [0.1, 0.15) is 38.7 Å². The van der Waals surface area contributed by atoms with Gasteiger partial charge in [0.25, 0.3) is 0 Å². The predicted octanol–water partition coefficient (Wildman–Crippen LogP) is 2.71. The maximum atomic E-state index is 6.22. The molecule has 0 amide bonds. The van der Waals surface area contributed by atoms with Crippen LogP contribution in [0.3, 0.4) is 0 Å². The van der Waals surface area contributed by atoms with E-state index in [1.165, 1.54) is 37.9 Å². The van der Waals surface area contributed by atoms with E-state index in [1.807, 2.05) is 0 Å². The van der Waals surface area contributed by atoms with Gasteiger partial charge < -0.3 is 5.73 Å². The Morgan fingerprint density at radius 3 is 2.38 bits per heavy atom. The van der Waals surface area contributed by atoms with Crippen molar-refractivity contribution in [1.29, 1.82) is 0 Å². The van der Waals surface area contributed by atoms with Crippen molar-refractivity contribution in [2.45, 2.75) is 45.2 Å². The van der Waals surface area contributed by atoms with Crippen molar-refractivity contribution in [2.24, 2.45) is 5.73 Å². The number of rotatable bonds is 8. The van der Waals surface area contributed by atoms with E-state index in [2.05, 4.69) is 54.0 Å². The van der Waals surface area contributed by atoms with Crippen LogP contribution in [0.5, 0.6) is 0 Å². The average molecular weight is 289 g/mol. The second-order valence-corrected chi connectivity index (χ2v) is 6.36. The van der Waals surface area contributed by atoms with Gasteiger partial charge in [0.2, 0.25) is 0 Å². The minimum absolute atomic E-state index is 0.195. The standard InChI is InChI=1S/C18H31N3/c1-3-11-21(12-4-2)18(15-19)10-13-20(16-18)14-17-8-6-5-7-9-17/h5-9H,3-4,10-16,19H2,1-2H3. The van der Waals surface area contributed by atoms with Crippen molar-refractivity contribution in [3.05, 3.63) is 35.9 Å². The molecule has 0 bridgehead atoms. The predicted molar refractivity (Wildman–Crippen MR) is 90.3 cm³/mol. The van der Waals surface area contributed by atoms with Gasteiger partial charge in [-0.05, 0) is 37.9 Å². The summed E-state index contributed by atoms with van der Waals surface area (Å²) in [6.45, 7) is 11.0. The van der Waals surface area contributed by atoms with Crippen molar-refractivity contribution in [3.63, 3.8) is 0 Å². The van der Waals surface area contributed by atoms with Crippen LogP contribution in [0.15, 0.2) is 30.3 Å². The number of nitrogens with zero attached hydrogens (tertiary/aromatic N) is 2. The molecule has 0 radical (unpaired) electrons. The Morgan fingerprint density at radius 1 is 1.14 bits per heavy atom. The highest BCUT2D eigenvalue weighted by atomic mass is 15.3. The van der Waals surface area contributed by atoms with Gasteiger partial charge in [-0.15, -0.1) is 0 Å². The molecule has 1 aromatic carbocycles. The summed E-state index contributed by atoms with van der Waals surface area (Å²) < 4.78 is 0. The van der Waals surface area contributed by atoms with Crippen LogP contribution in [0.4, 0.5) is 0 Å². The molecule has 1 heterocycles. The molecule has 3 heteroatoms. The Hall–Kier alpha value is -0.900. The fourth-order valence-electron chi connectivity index (χ4n) is 3.60. The molecule has 21 heavy (non-hydrogen) atoms. The molecule has 1 saturated heterocycles. The number of hydrogen-bond donors (Lipinski definition) is 1. The lowest BCUT2D eigenvalue weighted by Crippen LogP contribution is -2.56. The van der Waals surface area contributed by atoms with Gasteiger partial charge in [-0.3, -0.25) is 9.80 Å². The lowest BCUT2D eigenvalue weighted by molar-refractivity contribution is 0.0972. The molecule has 1 aromatic rings. The van der Waals surface area contributed by atoms with Gasteiger partial charge in [0, 0.05) is 31.7 Å². The van der Waals surface area contributed by atoms with Crippen molar-refractivity contribution in [1.82, 2.24) is 9.80 Å². The molecule has 1 aliphatic rings. The molecule has 1 aliphatic heterocycles. The van der Waals surface area contributed by atoms with E-state index >= 15 is 0 Å². The van der Waals surface area contributed by atoms with Crippen LogP contribution < -0.4 is 5.73 Å². The normalized spacial score (nSPS) is 23.0. The largest absolute Gasteiger partial charge is 0.329 e. The fraction of sp³-hybridized carbons (Fsp3) is 0.667. The molecule has 3 nitrogen and oxygen atoms in total. The smallest absolute Gasteiger partial charge is 0.0470 e. The topological polar surface area (TPSA) is 32.5 Å². The van der Waals surface area contributed by atoms with Crippen molar-refractivity contribution >= 4 is 0 Å². The lowest BCUT2D eigenvalue weighted by Gasteiger charge is -2.40. The summed E-state index contributed by atoms with van der Waals surface area (Å²) in [6.07, 6.45) is 3.62. The minimum atomic E-state index is 0.195. The summed E-state index contributed by atoms with van der Waals surface area (Å²) in [4.78, 5) is 5.22. The maximum absolute atomic E-state index is 6.22. The first kappa shape index (κ1) is 16.5. The van der Waals surface area contributed by atoms with Gasteiger partial charge in [0.15, 0.2) is 0 Å². The number of benzene rings is 1. The van der Waals surface area contributed by atoms with Gasteiger partial charge in [-0.25, -0.2) is 0 Å². The highest BCUT2D eigenvalue weighted by Gasteiger charge is 2.41. The Bertz CT molecular complexity index is 400. The Balaban J connectivity index is 2.02.